The third kappa shape index (κ3) is 6.44. The summed E-state index contributed by atoms with van der Waals surface area (Å²) in [6.45, 7) is 2.32. The molecule has 0 saturated carbocycles. The van der Waals surface area contributed by atoms with E-state index in [9.17, 15) is 18.5 Å². The highest BCUT2D eigenvalue weighted by molar-refractivity contribution is 7.92. The van der Waals surface area contributed by atoms with Gasteiger partial charge in [-0.05, 0) is 53.9 Å². The van der Waals surface area contributed by atoms with Crippen LogP contribution in [0.25, 0.3) is 0 Å². The zero-order valence-corrected chi connectivity index (χ0v) is 23.8. The molecule has 0 atom stereocenters. The van der Waals surface area contributed by atoms with Gasteiger partial charge < -0.3 is 5.32 Å². The first kappa shape index (κ1) is 28.6. The zero-order valence-electron chi connectivity index (χ0n) is 20.6. The van der Waals surface area contributed by atoms with E-state index in [1.54, 1.807) is 12.1 Å². The molecule has 1 aromatic heterocycles. The van der Waals surface area contributed by atoms with Crippen LogP contribution in [0.5, 0.6) is 0 Å². The largest absolute Gasteiger partial charge is 0.312 e. The van der Waals surface area contributed by atoms with Crippen molar-refractivity contribution in [3.8, 4) is 6.07 Å². The third-order valence-electron chi connectivity index (χ3n) is 6.26. The highest BCUT2D eigenvalue weighted by Crippen LogP contribution is 2.37. The number of benzene rings is 3. The predicted molar refractivity (Wildman–Crippen MR) is 157 cm³/mol. The molecule has 2 N–H and O–H groups in total. The molecule has 3 aromatic carbocycles. The van der Waals surface area contributed by atoms with Gasteiger partial charge in [0.05, 0.1) is 21.7 Å². The number of carbonyl (C=O) groups excluding carboxylic acids is 1. The van der Waals surface area contributed by atoms with E-state index in [1.807, 2.05) is 18.2 Å². The molecule has 39 heavy (non-hydrogen) atoms. The minimum atomic E-state index is -3.95. The predicted octanol–water partition coefficient (Wildman–Crippen LogP) is 6.31. The molecule has 5 rings (SSSR count). The maximum absolute atomic E-state index is 13.3. The number of thiophene rings is 1. The molecule has 0 bridgehead atoms. The number of hydrogen-bond acceptors (Lipinski definition) is 6. The molecule has 0 unspecified atom stereocenters. The van der Waals surface area contributed by atoms with Gasteiger partial charge in [0, 0.05) is 29.5 Å². The van der Waals surface area contributed by atoms with E-state index in [2.05, 4.69) is 33.1 Å². The first-order valence-electron chi connectivity index (χ1n) is 11.8. The first-order valence-corrected chi connectivity index (χ1v) is 14.5. The number of hydrogen-bond donors (Lipinski definition) is 2. The van der Waals surface area contributed by atoms with Crippen LogP contribution in [0.15, 0.2) is 83.8 Å². The molecule has 0 saturated heterocycles. The lowest BCUT2D eigenvalue weighted by atomic mass is 10.0. The number of sulfonamides is 1. The third-order valence-corrected chi connectivity index (χ3v) is 9.03. The van der Waals surface area contributed by atoms with Crippen molar-refractivity contribution in [3.05, 3.63) is 111 Å². The average molecular weight is 600 g/mol. The van der Waals surface area contributed by atoms with E-state index in [4.69, 9.17) is 11.6 Å². The summed E-state index contributed by atoms with van der Waals surface area (Å²) in [6.07, 6.45) is 0.717. The van der Waals surface area contributed by atoms with Crippen molar-refractivity contribution in [2.45, 2.75) is 24.4 Å². The lowest BCUT2D eigenvalue weighted by molar-refractivity contribution is 0.102. The Morgan fingerprint density at radius 1 is 1.03 bits per heavy atom. The summed E-state index contributed by atoms with van der Waals surface area (Å²) in [5.74, 6) is -0.504. The van der Waals surface area contributed by atoms with Gasteiger partial charge in [0.2, 0.25) is 0 Å². The lowest BCUT2D eigenvalue weighted by Gasteiger charge is -2.26. The van der Waals surface area contributed by atoms with Gasteiger partial charge in [-0.2, -0.15) is 5.26 Å². The Morgan fingerprint density at radius 2 is 1.72 bits per heavy atom. The molecule has 0 aliphatic carbocycles. The summed E-state index contributed by atoms with van der Waals surface area (Å²) >= 11 is 7.27. The van der Waals surface area contributed by atoms with Crippen LogP contribution in [0.3, 0.4) is 0 Å². The maximum Gasteiger partial charge on any atom is 0.261 e. The van der Waals surface area contributed by atoms with Crippen LogP contribution in [0.2, 0.25) is 5.02 Å². The van der Waals surface area contributed by atoms with Crippen LogP contribution in [-0.2, 0) is 29.5 Å². The van der Waals surface area contributed by atoms with Crippen molar-refractivity contribution in [3.63, 3.8) is 0 Å². The topological polar surface area (TPSA) is 102 Å². The molecule has 11 heteroatoms. The fourth-order valence-corrected chi connectivity index (χ4v) is 6.84. The Bertz CT molecular complexity index is 1630. The Labute approximate surface area is 242 Å². The maximum atomic E-state index is 13.3. The van der Waals surface area contributed by atoms with E-state index >= 15 is 0 Å². The smallest absolute Gasteiger partial charge is 0.261 e. The second-order valence-corrected chi connectivity index (χ2v) is 12.0. The normalized spacial score (nSPS) is 13.0. The molecular weight excluding hydrogens is 575 g/mol. The molecule has 7 nitrogen and oxygen atoms in total. The Hall–Kier alpha value is -3.39. The molecule has 4 aromatic rings. The van der Waals surface area contributed by atoms with Crippen LogP contribution in [0.4, 0.5) is 10.7 Å². The second kappa shape index (κ2) is 12.2. The SMILES string of the molecule is Cl.N#Cc1c(NC(=O)c2ccccc2NS(=O)(=O)c2ccc(Cl)cc2)sc2c1CCN(Cc1ccccc1)C2. The van der Waals surface area contributed by atoms with Crippen LogP contribution in [-0.4, -0.2) is 25.8 Å². The summed E-state index contributed by atoms with van der Waals surface area (Å²) in [5.41, 5.74) is 2.93. The number of nitriles is 1. The summed E-state index contributed by atoms with van der Waals surface area (Å²) in [4.78, 5) is 16.7. The minimum absolute atomic E-state index is 0. The number of nitrogens with one attached hydrogen (secondary N) is 2. The van der Waals surface area contributed by atoms with Gasteiger partial charge in [-0.15, -0.1) is 23.7 Å². The molecule has 0 fully saturated rings. The number of fused-ring (bicyclic) bond motifs is 1. The molecule has 0 spiro atoms. The number of anilines is 2. The Balaban J connectivity index is 0.00000353. The van der Waals surface area contributed by atoms with Crippen molar-refractivity contribution in [2.24, 2.45) is 0 Å². The van der Waals surface area contributed by atoms with Crippen molar-refractivity contribution in [2.75, 3.05) is 16.6 Å². The van der Waals surface area contributed by atoms with Gasteiger partial charge >= 0.3 is 0 Å². The lowest BCUT2D eigenvalue weighted by Crippen LogP contribution is -2.29. The van der Waals surface area contributed by atoms with Gasteiger partial charge in [-0.25, -0.2) is 8.42 Å². The summed E-state index contributed by atoms with van der Waals surface area (Å²) < 4.78 is 28.3. The number of carbonyl (C=O) groups is 1. The van der Waals surface area contributed by atoms with Gasteiger partial charge in [0.25, 0.3) is 15.9 Å². The average Bonchev–Trinajstić information content (AvgIpc) is 3.25. The molecule has 1 amide bonds. The number of para-hydroxylation sites is 1. The zero-order chi connectivity index (χ0) is 26.7. The van der Waals surface area contributed by atoms with Crippen LogP contribution in [0.1, 0.15) is 31.9 Å². The highest BCUT2D eigenvalue weighted by Gasteiger charge is 2.26. The number of amides is 1. The summed E-state index contributed by atoms with van der Waals surface area (Å²) in [7, 11) is -3.95. The van der Waals surface area contributed by atoms with Crippen LogP contribution >= 0.6 is 35.3 Å². The second-order valence-electron chi connectivity index (χ2n) is 8.83. The fourth-order valence-electron chi connectivity index (χ4n) is 4.40. The molecule has 0 radical (unpaired) electrons. The number of rotatable bonds is 7. The number of halogens is 2. The molecule has 1 aliphatic rings. The van der Waals surface area contributed by atoms with Gasteiger partial charge in [0.15, 0.2) is 0 Å². The van der Waals surface area contributed by atoms with Gasteiger partial charge in [-0.1, -0.05) is 54.1 Å². The van der Waals surface area contributed by atoms with Crippen molar-refractivity contribution >= 4 is 62.0 Å². The molecule has 200 valence electrons. The van der Waals surface area contributed by atoms with Crippen LogP contribution in [0, 0.1) is 11.3 Å². The number of nitrogens with zero attached hydrogens (tertiary/aromatic N) is 2. The van der Waals surface area contributed by atoms with Crippen LogP contribution < -0.4 is 10.0 Å². The van der Waals surface area contributed by atoms with E-state index < -0.39 is 15.9 Å². The van der Waals surface area contributed by atoms with Crippen molar-refractivity contribution in [1.82, 2.24) is 4.90 Å². The standard InChI is InChI=1S/C28H23ClN4O3S2.ClH/c29-20-10-12-21(13-11-20)38(35,36)32-25-9-5-4-8-23(25)27(34)31-28-24(16-30)22-14-15-33(18-26(22)37-28)17-19-6-2-1-3-7-19;/h1-13,32H,14-15,17-18H2,(H,31,34);1H. The molecule has 1 aliphatic heterocycles. The quantitative estimate of drug-likeness (QED) is 0.259. The Kier molecular flexibility index (Phi) is 8.95. The van der Waals surface area contributed by atoms with Crippen molar-refractivity contribution in [1.29, 1.82) is 5.26 Å². The summed E-state index contributed by atoms with van der Waals surface area (Å²) in [5, 5.41) is 13.6. The Morgan fingerprint density at radius 3 is 2.44 bits per heavy atom. The van der Waals surface area contributed by atoms with E-state index in [1.165, 1.54) is 53.3 Å². The highest BCUT2D eigenvalue weighted by atomic mass is 35.5. The monoisotopic (exact) mass is 598 g/mol. The van der Waals surface area contributed by atoms with Crippen molar-refractivity contribution < 1.29 is 13.2 Å². The van der Waals surface area contributed by atoms with E-state index in [0.29, 0.717) is 22.1 Å². The minimum Gasteiger partial charge on any atom is -0.312 e. The fraction of sp³-hybridized carbons (Fsp3) is 0.143. The van der Waals surface area contributed by atoms with E-state index in [0.717, 1.165) is 30.0 Å². The van der Waals surface area contributed by atoms with Gasteiger partial charge in [0.1, 0.15) is 11.1 Å². The van der Waals surface area contributed by atoms with E-state index in [-0.39, 0.29) is 28.6 Å². The molecular formula is C28H24Cl2N4O3S2. The first-order chi connectivity index (χ1) is 18.3. The summed E-state index contributed by atoms with van der Waals surface area (Å²) in [6, 6.07) is 24.6. The van der Waals surface area contributed by atoms with Gasteiger partial charge in [-0.3, -0.25) is 14.4 Å². The molecule has 2 heterocycles.